The quantitative estimate of drug-likeness (QED) is 0.222. The number of nitrogens with one attached hydrogen (secondary N) is 1. The first kappa shape index (κ1) is 15.2. The van der Waals surface area contributed by atoms with Crippen molar-refractivity contribution in [3.63, 3.8) is 0 Å². The molecule has 0 saturated carbocycles. The van der Waals surface area contributed by atoms with E-state index in [1.54, 1.807) is 0 Å². The maximum Gasteiger partial charge on any atom is 0.144 e. The number of ether oxygens (including phenoxy) is 1. The Morgan fingerprint density at radius 3 is 2.89 bits per heavy atom. The minimum Gasteiger partial charge on any atom is -0.409 e. The maximum absolute atomic E-state index is 8.69. The fraction of sp³-hybridized carbons (Fsp3) is 0.923. The van der Waals surface area contributed by atoms with Crippen LogP contribution in [0.4, 0.5) is 0 Å². The van der Waals surface area contributed by atoms with E-state index in [9.17, 15) is 0 Å². The van der Waals surface area contributed by atoms with Crippen molar-refractivity contribution in [3.8, 4) is 0 Å². The predicted octanol–water partition coefficient (Wildman–Crippen LogP) is 1.70. The van der Waals surface area contributed by atoms with E-state index in [1.165, 1.54) is 0 Å². The van der Waals surface area contributed by atoms with E-state index in [2.05, 4.69) is 17.4 Å². The van der Waals surface area contributed by atoms with Crippen LogP contribution in [0.15, 0.2) is 5.16 Å². The number of nitrogens with two attached hydrogens (primary N) is 1. The van der Waals surface area contributed by atoms with Gasteiger partial charge in [0.05, 0.1) is 6.10 Å². The zero-order chi connectivity index (χ0) is 13.6. The van der Waals surface area contributed by atoms with Gasteiger partial charge in [-0.05, 0) is 39.2 Å². The van der Waals surface area contributed by atoms with Gasteiger partial charge < -0.3 is 21.0 Å². The molecule has 1 aliphatic heterocycles. The molecular weight excluding hydrogens is 230 g/mol. The van der Waals surface area contributed by atoms with Crippen LogP contribution < -0.4 is 11.1 Å². The molecule has 18 heavy (non-hydrogen) atoms. The van der Waals surface area contributed by atoms with E-state index < -0.39 is 0 Å². The van der Waals surface area contributed by atoms with Crippen molar-refractivity contribution >= 4 is 5.84 Å². The average Bonchev–Trinajstić information content (AvgIpc) is 2.33. The third-order valence-corrected chi connectivity index (χ3v) is 3.70. The lowest BCUT2D eigenvalue weighted by molar-refractivity contribution is 0.0133. The fourth-order valence-electron chi connectivity index (χ4n) is 2.28. The molecule has 0 aromatic heterocycles. The van der Waals surface area contributed by atoms with Gasteiger partial charge >= 0.3 is 0 Å². The summed E-state index contributed by atoms with van der Waals surface area (Å²) in [6.45, 7) is 7.94. The lowest BCUT2D eigenvalue weighted by Gasteiger charge is -2.29. The van der Waals surface area contributed by atoms with E-state index in [4.69, 9.17) is 15.7 Å². The lowest BCUT2D eigenvalue weighted by Crippen LogP contribution is -2.39. The normalized spacial score (nSPS) is 26.3. The van der Waals surface area contributed by atoms with Crippen molar-refractivity contribution in [1.29, 1.82) is 0 Å². The molecule has 1 rings (SSSR count). The van der Waals surface area contributed by atoms with Crippen molar-refractivity contribution in [2.75, 3.05) is 13.2 Å². The molecule has 1 aliphatic rings. The summed E-state index contributed by atoms with van der Waals surface area (Å²) >= 11 is 0. The smallest absolute Gasteiger partial charge is 0.144 e. The molecule has 1 saturated heterocycles. The molecule has 0 aromatic rings. The molecule has 0 aliphatic carbocycles. The van der Waals surface area contributed by atoms with Crippen molar-refractivity contribution in [3.05, 3.63) is 0 Å². The van der Waals surface area contributed by atoms with Crippen molar-refractivity contribution < 1.29 is 9.94 Å². The van der Waals surface area contributed by atoms with Gasteiger partial charge in [0.1, 0.15) is 5.84 Å². The number of nitrogens with zero attached hydrogens (tertiary/aromatic N) is 1. The maximum atomic E-state index is 8.69. The first-order valence-corrected chi connectivity index (χ1v) is 6.78. The average molecular weight is 257 g/mol. The molecule has 5 heteroatoms. The molecule has 0 radical (unpaired) electrons. The van der Waals surface area contributed by atoms with Crippen molar-refractivity contribution in [2.45, 2.75) is 58.6 Å². The Kier molecular flexibility index (Phi) is 5.88. The molecule has 2 unspecified atom stereocenters. The number of amidine groups is 1. The third-order valence-electron chi connectivity index (χ3n) is 3.70. The predicted molar refractivity (Wildman–Crippen MR) is 72.9 cm³/mol. The van der Waals surface area contributed by atoms with Gasteiger partial charge in [-0.1, -0.05) is 19.0 Å². The van der Waals surface area contributed by atoms with Gasteiger partial charge in [-0.25, -0.2) is 0 Å². The van der Waals surface area contributed by atoms with E-state index in [1.807, 2.05) is 13.8 Å². The Balaban J connectivity index is 2.18. The van der Waals surface area contributed by atoms with Crippen LogP contribution in [0.5, 0.6) is 0 Å². The zero-order valence-corrected chi connectivity index (χ0v) is 11.8. The highest BCUT2D eigenvalue weighted by molar-refractivity contribution is 5.85. The van der Waals surface area contributed by atoms with E-state index in [-0.39, 0.29) is 5.41 Å². The summed E-state index contributed by atoms with van der Waals surface area (Å²) < 4.78 is 5.51. The zero-order valence-electron chi connectivity index (χ0n) is 11.8. The molecule has 106 valence electrons. The number of rotatable bonds is 6. The molecule has 5 nitrogen and oxygen atoms in total. The van der Waals surface area contributed by atoms with Gasteiger partial charge in [-0.2, -0.15) is 0 Å². The Morgan fingerprint density at radius 1 is 1.56 bits per heavy atom. The summed E-state index contributed by atoms with van der Waals surface area (Å²) in [7, 11) is 0. The van der Waals surface area contributed by atoms with Crippen LogP contribution in [0, 0.1) is 5.41 Å². The lowest BCUT2D eigenvalue weighted by atomic mass is 9.86. The molecule has 0 bridgehead atoms. The van der Waals surface area contributed by atoms with Crippen LogP contribution in [-0.4, -0.2) is 36.3 Å². The molecule has 0 amide bonds. The van der Waals surface area contributed by atoms with Crippen LogP contribution in [0.1, 0.15) is 46.5 Å². The minimum absolute atomic E-state index is 0.237. The number of hydrogen-bond acceptors (Lipinski definition) is 4. The Labute approximate surface area is 110 Å². The fourth-order valence-corrected chi connectivity index (χ4v) is 2.28. The van der Waals surface area contributed by atoms with Gasteiger partial charge in [-0.15, -0.1) is 0 Å². The number of oxime groups is 1. The van der Waals surface area contributed by atoms with Gasteiger partial charge in [0, 0.05) is 18.1 Å². The summed E-state index contributed by atoms with van der Waals surface area (Å²) in [4.78, 5) is 0. The van der Waals surface area contributed by atoms with Gasteiger partial charge in [-0.3, -0.25) is 0 Å². The second-order valence-corrected chi connectivity index (χ2v) is 5.83. The molecule has 2 atom stereocenters. The first-order chi connectivity index (χ1) is 8.45. The minimum atomic E-state index is -0.237. The summed E-state index contributed by atoms with van der Waals surface area (Å²) in [6.07, 6.45) is 4.48. The molecule has 4 N–H and O–H groups in total. The summed E-state index contributed by atoms with van der Waals surface area (Å²) in [5, 5.41) is 15.3. The molecule has 1 heterocycles. The number of hydrogen-bond donors (Lipinski definition) is 3. The van der Waals surface area contributed by atoms with Crippen LogP contribution in [-0.2, 0) is 4.74 Å². The standard InChI is InChI=1S/C13H27N3O2/c1-10-9-11(5-8-18-10)15-7-4-6-13(2,3)12(14)16-17/h10-11,15,17H,4-9H2,1-3H3,(H2,14,16). The van der Waals surface area contributed by atoms with Crippen LogP contribution >= 0.6 is 0 Å². The topological polar surface area (TPSA) is 79.9 Å². The monoisotopic (exact) mass is 257 g/mol. The first-order valence-electron chi connectivity index (χ1n) is 6.78. The largest absolute Gasteiger partial charge is 0.409 e. The van der Waals surface area contributed by atoms with Crippen LogP contribution in [0.2, 0.25) is 0 Å². The SMILES string of the molecule is CC1CC(NCCCC(C)(C)C(N)=NO)CCO1. The van der Waals surface area contributed by atoms with Gasteiger partial charge in [0.25, 0.3) is 0 Å². The highest BCUT2D eigenvalue weighted by Crippen LogP contribution is 2.22. The Morgan fingerprint density at radius 2 is 2.28 bits per heavy atom. The van der Waals surface area contributed by atoms with Gasteiger partial charge in [0.15, 0.2) is 0 Å². The third kappa shape index (κ3) is 4.82. The molecule has 1 fully saturated rings. The van der Waals surface area contributed by atoms with Crippen LogP contribution in [0.3, 0.4) is 0 Å². The summed E-state index contributed by atoms with van der Waals surface area (Å²) in [5.74, 6) is 0.308. The van der Waals surface area contributed by atoms with Gasteiger partial charge in [0.2, 0.25) is 0 Å². The summed E-state index contributed by atoms with van der Waals surface area (Å²) in [5.41, 5.74) is 5.42. The summed E-state index contributed by atoms with van der Waals surface area (Å²) in [6, 6.07) is 0.570. The molecule has 0 spiro atoms. The highest BCUT2D eigenvalue weighted by Gasteiger charge is 2.23. The van der Waals surface area contributed by atoms with E-state index in [0.29, 0.717) is 18.0 Å². The second kappa shape index (κ2) is 6.95. The van der Waals surface area contributed by atoms with E-state index in [0.717, 1.165) is 38.8 Å². The molecule has 0 aromatic carbocycles. The van der Waals surface area contributed by atoms with Crippen LogP contribution in [0.25, 0.3) is 0 Å². The highest BCUT2D eigenvalue weighted by atomic mass is 16.5. The Bertz CT molecular complexity index is 279. The second-order valence-electron chi connectivity index (χ2n) is 5.83. The molecular formula is C13H27N3O2. The Hall–Kier alpha value is -0.810. The van der Waals surface area contributed by atoms with E-state index >= 15 is 0 Å². The van der Waals surface area contributed by atoms with Crippen molar-refractivity contribution in [2.24, 2.45) is 16.3 Å². The van der Waals surface area contributed by atoms with Crippen molar-refractivity contribution in [1.82, 2.24) is 5.32 Å².